The van der Waals surface area contributed by atoms with Gasteiger partial charge in [0.15, 0.2) is 17.2 Å². The van der Waals surface area contributed by atoms with E-state index >= 15 is 0 Å². The molecule has 1 saturated carbocycles. The lowest BCUT2D eigenvalue weighted by Gasteiger charge is -2.49. The number of carbonyl (C=O) groups is 3. The van der Waals surface area contributed by atoms with Gasteiger partial charge in [0.25, 0.3) is 5.91 Å². The van der Waals surface area contributed by atoms with Crippen LogP contribution in [0.5, 0.6) is 0 Å². The van der Waals surface area contributed by atoms with Crippen molar-refractivity contribution in [1.29, 1.82) is 0 Å². The van der Waals surface area contributed by atoms with Crippen molar-refractivity contribution in [2.75, 3.05) is 28.2 Å². The Balaban J connectivity index is 2.74. The Morgan fingerprint density at radius 3 is 2.26 bits per heavy atom. The van der Waals surface area contributed by atoms with Crippen LogP contribution >= 0.6 is 0 Å². The van der Waals surface area contributed by atoms with Crippen LogP contribution in [0.25, 0.3) is 0 Å². The summed E-state index contributed by atoms with van der Waals surface area (Å²) in [7, 11) is 5.90. The molecule has 0 radical (unpaired) electrons. The Kier molecular flexibility index (Phi) is 4.36. The van der Waals surface area contributed by atoms with E-state index in [1.165, 1.54) is 19.0 Å². The number of nitrogens with zero attached hydrogens (tertiary/aromatic N) is 2. The van der Waals surface area contributed by atoms with E-state index < -0.39 is 52.5 Å². The smallest absolute Gasteiger partial charge is 0.260 e. The fraction of sp³-hybridized carbons (Fsp3) is 0.667. The van der Waals surface area contributed by atoms with Gasteiger partial charge in [0.2, 0.25) is 0 Å². The first-order valence-corrected chi connectivity index (χ1v) is 7.34. The Hall–Kier alpha value is -1.77. The van der Waals surface area contributed by atoms with Crippen LogP contribution < -0.4 is 0 Å². The molecule has 0 saturated heterocycles. The first-order chi connectivity index (χ1) is 10.5. The van der Waals surface area contributed by atoms with Gasteiger partial charge in [-0.2, -0.15) is 0 Å². The van der Waals surface area contributed by atoms with Crippen LogP contribution in [0.4, 0.5) is 0 Å². The fourth-order valence-corrected chi connectivity index (χ4v) is 3.45. The molecule has 3 N–H and O–H groups in total. The molecule has 3 unspecified atom stereocenters. The number of Topliss-reactive ketones (excluding diaryl/α,β-unsaturated/α-hetero) is 2. The van der Waals surface area contributed by atoms with E-state index in [1.807, 2.05) is 0 Å². The highest BCUT2D eigenvalue weighted by molar-refractivity contribution is 6.23. The second-order valence-electron chi connectivity index (χ2n) is 6.52. The molecule has 0 aromatic rings. The summed E-state index contributed by atoms with van der Waals surface area (Å²) in [6, 6.07) is -1.09. The summed E-state index contributed by atoms with van der Waals surface area (Å²) in [4.78, 5) is 39.8. The number of aliphatic hydroxyl groups excluding tert-OH is 2. The van der Waals surface area contributed by atoms with E-state index in [2.05, 4.69) is 0 Å². The Bertz CT molecular complexity index is 597. The topological polar surface area (TPSA) is 118 Å². The number of likely N-dealkylation sites (N-methyl/N-ethyl adjacent to an activating group) is 2. The number of ketones is 2. The van der Waals surface area contributed by atoms with Crippen LogP contribution in [-0.2, 0) is 14.4 Å². The van der Waals surface area contributed by atoms with Gasteiger partial charge >= 0.3 is 0 Å². The van der Waals surface area contributed by atoms with Gasteiger partial charge in [-0.25, -0.2) is 0 Å². The molecule has 23 heavy (non-hydrogen) atoms. The Labute approximate surface area is 134 Å². The molecule has 0 spiro atoms. The van der Waals surface area contributed by atoms with Gasteiger partial charge in [-0.3, -0.25) is 19.3 Å². The minimum Gasteiger partial charge on any atom is -0.508 e. The quantitative estimate of drug-likeness (QED) is 0.527. The van der Waals surface area contributed by atoms with Gasteiger partial charge < -0.3 is 20.2 Å². The number of rotatable bonds is 2. The van der Waals surface area contributed by atoms with E-state index in [-0.39, 0.29) is 12.8 Å². The van der Waals surface area contributed by atoms with Gasteiger partial charge in [-0.1, -0.05) is 0 Å². The minimum absolute atomic E-state index is 0.0909. The number of carbonyl (C=O) groups excluding carboxylic acids is 3. The first-order valence-electron chi connectivity index (χ1n) is 7.34. The average molecular weight is 326 g/mol. The highest BCUT2D eigenvalue weighted by Gasteiger charge is 2.63. The molecule has 0 aromatic carbocycles. The summed E-state index contributed by atoms with van der Waals surface area (Å²) in [6.07, 6.45) is -1.20. The van der Waals surface area contributed by atoms with E-state index in [9.17, 15) is 29.7 Å². The SMILES string of the molecule is CN(C)C(=O)C1=C(O)[C@@]2(O)C(=O)CCC(O)C2C(N(C)C)C1=O. The highest BCUT2D eigenvalue weighted by Crippen LogP contribution is 2.44. The summed E-state index contributed by atoms with van der Waals surface area (Å²) >= 11 is 0. The monoisotopic (exact) mass is 326 g/mol. The minimum atomic E-state index is -2.43. The van der Waals surface area contributed by atoms with Crippen molar-refractivity contribution in [3.63, 3.8) is 0 Å². The Morgan fingerprint density at radius 1 is 1.22 bits per heavy atom. The van der Waals surface area contributed by atoms with E-state index in [0.717, 1.165) is 4.90 Å². The average Bonchev–Trinajstić information content (AvgIpc) is 2.45. The van der Waals surface area contributed by atoms with Crippen molar-refractivity contribution in [1.82, 2.24) is 9.80 Å². The molecule has 1 fully saturated rings. The van der Waals surface area contributed by atoms with Crippen molar-refractivity contribution >= 4 is 17.5 Å². The third-order valence-corrected chi connectivity index (χ3v) is 4.62. The van der Waals surface area contributed by atoms with E-state index in [1.54, 1.807) is 14.1 Å². The zero-order chi connectivity index (χ0) is 17.7. The first kappa shape index (κ1) is 17.6. The van der Waals surface area contributed by atoms with Gasteiger partial charge in [0.05, 0.1) is 18.1 Å². The van der Waals surface area contributed by atoms with Gasteiger partial charge in [-0.05, 0) is 20.5 Å². The molecule has 2 aliphatic rings. The summed E-state index contributed by atoms with van der Waals surface area (Å²) in [5, 5.41) is 31.5. The van der Waals surface area contributed by atoms with Crippen molar-refractivity contribution in [2.24, 2.45) is 5.92 Å². The normalized spacial score (nSPS) is 34.7. The van der Waals surface area contributed by atoms with Gasteiger partial charge in [0.1, 0.15) is 11.3 Å². The molecule has 4 atom stereocenters. The van der Waals surface area contributed by atoms with Crippen LogP contribution in [-0.4, -0.2) is 88.5 Å². The van der Waals surface area contributed by atoms with Crippen LogP contribution in [0, 0.1) is 5.92 Å². The second-order valence-corrected chi connectivity index (χ2v) is 6.52. The maximum Gasteiger partial charge on any atom is 0.260 e. The maximum atomic E-state index is 12.7. The molecule has 2 aliphatic carbocycles. The molecule has 128 valence electrons. The van der Waals surface area contributed by atoms with Crippen LogP contribution in [0.2, 0.25) is 0 Å². The molecular formula is C15H22N2O6. The molecule has 1 amide bonds. The molecule has 2 rings (SSSR count). The molecule has 0 aliphatic heterocycles. The molecular weight excluding hydrogens is 304 g/mol. The molecule has 0 bridgehead atoms. The molecule has 0 aromatic heterocycles. The van der Waals surface area contributed by atoms with Crippen LogP contribution in [0.15, 0.2) is 11.3 Å². The van der Waals surface area contributed by atoms with E-state index in [4.69, 9.17) is 0 Å². The van der Waals surface area contributed by atoms with Gasteiger partial charge in [-0.15, -0.1) is 0 Å². The standard InChI is InChI=1S/C15H22N2O6/c1-16(2)11-10-7(18)5-6-8(19)15(10,23)13(21)9(12(11)20)14(22)17(3)4/h7,10-11,18,21,23H,5-6H2,1-4H3/t7?,10?,11?,15-/m1/s1. The maximum absolute atomic E-state index is 12.7. The molecule has 8 nitrogen and oxygen atoms in total. The summed E-state index contributed by atoms with van der Waals surface area (Å²) < 4.78 is 0. The van der Waals surface area contributed by atoms with E-state index in [0.29, 0.717) is 0 Å². The summed E-state index contributed by atoms with van der Waals surface area (Å²) in [5.74, 6) is -4.37. The fourth-order valence-electron chi connectivity index (χ4n) is 3.45. The van der Waals surface area contributed by atoms with Crippen molar-refractivity contribution in [2.45, 2.75) is 30.6 Å². The number of fused-ring (bicyclic) bond motifs is 1. The second kappa shape index (κ2) is 5.70. The Morgan fingerprint density at radius 2 is 1.78 bits per heavy atom. The van der Waals surface area contributed by atoms with Crippen molar-refractivity contribution in [3.05, 3.63) is 11.3 Å². The molecule has 8 heteroatoms. The predicted octanol–water partition coefficient (Wildman–Crippen LogP) is -1.53. The van der Waals surface area contributed by atoms with Gasteiger partial charge in [0, 0.05) is 20.5 Å². The van der Waals surface area contributed by atoms with Crippen LogP contribution in [0.3, 0.4) is 0 Å². The predicted molar refractivity (Wildman–Crippen MR) is 79.5 cm³/mol. The summed E-state index contributed by atoms with van der Waals surface area (Å²) in [5.41, 5.74) is -3.03. The largest absolute Gasteiger partial charge is 0.508 e. The third kappa shape index (κ3) is 2.37. The third-order valence-electron chi connectivity index (χ3n) is 4.62. The highest BCUT2D eigenvalue weighted by atomic mass is 16.4. The number of hydrogen-bond acceptors (Lipinski definition) is 7. The number of amides is 1. The number of hydrogen-bond donors (Lipinski definition) is 3. The van der Waals surface area contributed by atoms with Crippen LogP contribution in [0.1, 0.15) is 12.8 Å². The number of aliphatic hydroxyl groups is 3. The molecule has 0 heterocycles. The van der Waals surface area contributed by atoms with Crippen molar-refractivity contribution < 1.29 is 29.7 Å². The lowest BCUT2D eigenvalue weighted by atomic mass is 9.62. The lowest BCUT2D eigenvalue weighted by Crippen LogP contribution is -2.67. The summed E-state index contributed by atoms with van der Waals surface area (Å²) in [6.45, 7) is 0. The zero-order valence-electron chi connectivity index (χ0n) is 13.6. The lowest BCUT2D eigenvalue weighted by molar-refractivity contribution is -0.169. The zero-order valence-corrected chi connectivity index (χ0v) is 13.6. The van der Waals surface area contributed by atoms with Crippen molar-refractivity contribution in [3.8, 4) is 0 Å².